The highest BCUT2D eigenvalue weighted by Crippen LogP contribution is 2.28. The largest absolute Gasteiger partial charge is 0.370 e. The minimum atomic E-state index is 0.528. The van der Waals surface area contributed by atoms with Gasteiger partial charge in [-0.25, -0.2) is 9.97 Å². The molecule has 0 amide bonds. The minimum absolute atomic E-state index is 0.528. The molecule has 18 heavy (non-hydrogen) atoms. The van der Waals surface area contributed by atoms with Crippen molar-refractivity contribution in [3.05, 3.63) is 17.0 Å². The zero-order valence-corrected chi connectivity index (χ0v) is 11.8. The van der Waals surface area contributed by atoms with E-state index in [-0.39, 0.29) is 0 Å². The zero-order chi connectivity index (χ0) is 12.8. The smallest absolute Gasteiger partial charge is 0.134 e. The van der Waals surface area contributed by atoms with Crippen molar-refractivity contribution < 1.29 is 0 Å². The standard InChI is InChI=1S/C14H22ClN3/c1-2-13-17-12(15)10-14(18-13)16-9-5-8-11-6-3-4-7-11/h10-11H,2-9H2,1H3,(H,16,17,18). The van der Waals surface area contributed by atoms with E-state index in [9.17, 15) is 0 Å². The quantitative estimate of drug-likeness (QED) is 0.624. The summed E-state index contributed by atoms with van der Waals surface area (Å²) in [5.74, 6) is 2.63. The van der Waals surface area contributed by atoms with Crippen LogP contribution < -0.4 is 5.32 Å². The Bertz CT molecular complexity index is 375. The summed E-state index contributed by atoms with van der Waals surface area (Å²) in [4.78, 5) is 8.57. The highest BCUT2D eigenvalue weighted by atomic mass is 35.5. The molecule has 0 spiro atoms. The van der Waals surface area contributed by atoms with Crippen LogP contribution in [-0.4, -0.2) is 16.5 Å². The Morgan fingerprint density at radius 1 is 1.33 bits per heavy atom. The molecule has 1 aromatic rings. The maximum atomic E-state index is 5.95. The molecule has 1 fully saturated rings. The van der Waals surface area contributed by atoms with Gasteiger partial charge in [0, 0.05) is 19.0 Å². The maximum Gasteiger partial charge on any atom is 0.134 e. The number of nitrogens with one attached hydrogen (secondary N) is 1. The highest BCUT2D eigenvalue weighted by Gasteiger charge is 2.13. The van der Waals surface area contributed by atoms with Crippen LogP contribution in [0.5, 0.6) is 0 Å². The van der Waals surface area contributed by atoms with Crippen molar-refractivity contribution in [1.82, 2.24) is 9.97 Å². The summed E-state index contributed by atoms with van der Waals surface area (Å²) < 4.78 is 0. The van der Waals surface area contributed by atoms with Gasteiger partial charge in [-0.05, 0) is 18.8 Å². The summed E-state index contributed by atoms with van der Waals surface area (Å²) in [7, 11) is 0. The van der Waals surface area contributed by atoms with E-state index in [1.165, 1.54) is 38.5 Å². The lowest BCUT2D eigenvalue weighted by atomic mass is 10.0. The molecule has 0 radical (unpaired) electrons. The minimum Gasteiger partial charge on any atom is -0.370 e. The molecule has 0 aromatic carbocycles. The van der Waals surface area contributed by atoms with E-state index in [2.05, 4.69) is 15.3 Å². The number of nitrogens with zero attached hydrogens (tertiary/aromatic N) is 2. The molecule has 1 aliphatic carbocycles. The van der Waals surface area contributed by atoms with Gasteiger partial charge in [0.1, 0.15) is 16.8 Å². The molecule has 1 saturated carbocycles. The van der Waals surface area contributed by atoms with Crippen LogP contribution >= 0.6 is 11.6 Å². The lowest BCUT2D eigenvalue weighted by Crippen LogP contribution is -2.07. The highest BCUT2D eigenvalue weighted by molar-refractivity contribution is 6.29. The van der Waals surface area contributed by atoms with E-state index in [4.69, 9.17) is 11.6 Å². The molecule has 100 valence electrons. The van der Waals surface area contributed by atoms with Gasteiger partial charge in [-0.15, -0.1) is 0 Å². The van der Waals surface area contributed by atoms with Gasteiger partial charge in [0.2, 0.25) is 0 Å². The van der Waals surface area contributed by atoms with Gasteiger partial charge >= 0.3 is 0 Å². The fourth-order valence-corrected chi connectivity index (χ4v) is 2.82. The first-order chi connectivity index (χ1) is 8.78. The van der Waals surface area contributed by atoms with Gasteiger partial charge in [0.25, 0.3) is 0 Å². The molecule has 1 aliphatic rings. The number of aromatic nitrogens is 2. The predicted octanol–water partition coefficient (Wildman–Crippen LogP) is 4.07. The molecular formula is C14H22ClN3. The molecule has 2 rings (SSSR count). The Balaban J connectivity index is 1.73. The third kappa shape index (κ3) is 4.13. The van der Waals surface area contributed by atoms with E-state index in [0.717, 1.165) is 30.5 Å². The van der Waals surface area contributed by atoms with E-state index in [1.807, 2.05) is 6.92 Å². The van der Waals surface area contributed by atoms with E-state index in [1.54, 1.807) is 6.07 Å². The zero-order valence-electron chi connectivity index (χ0n) is 11.1. The molecule has 1 N–H and O–H groups in total. The molecule has 0 bridgehead atoms. The predicted molar refractivity (Wildman–Crippen MR) is 76.1 cm³/mol. The molecule has 1 heterocycles. The van der Waals surface area contributed by atoms with Crippen LogP contribution in [0.15, 0.2) is 6.07 Å². The van der Waals surface area contributed by atoms with Crippen molar-refractivity contribution in [2.75, 3.05) is 11.9 Å². The first-order valence-electron chi connectivity index (χ1n) is 7.05. The van der Waals surface area contributed by atoms with E-state index in [0.29, 0.717) is 5.15 Å². The molecule has 0 unspecified atom stereocenters. The SMILES string of the molecule is CCc1nc(Cl)cc(NCCCC2CCCC2)n1. The van der Waals surface area contributed by atoms with E-state index < -0.39 is 0 Å². The average Bonchev–Trinajstić information content (AvgIpc) is 2.87. The summed E-state index contributed by atoms with van der Waals surface area (Å²) in [6.07, 6.45) is 9.09. The van der Waals surface area contributed by atoms with Gasteiger partial charge < -0.3 is 5.32 Å². The Labute approximate surface area is 114 Å². The molecule has 1 aromatic heterocycles. The van der Waals surface area contributed by atoms with Crippen molar-refractivity contribution >= 4 is 17.4 Å². The van der Waals surface area contributed by atoms with E-state index >= 15 is 0 Å². The van der Waals surface area contributed by atoms with Crippen LogP contribution in [0.2, 0.25) is 5.15 Å². The average molecular weight is 268 g/mol. The number of hydrogen-bond donors (Lipinski definition) is 1. The third-order valence-electron chi connectivity index (χ3n) is 3.63. The number of anilines is 1. The van der Waals surface area contributed by atoms with Gasteiger partial charge in [0.15, 0.2) is 0 Å². The van der Waals surface area contributed by atoms with Crippen molar-refractivity contribution in [1.29, 1.82) is 0 Å². The second-order valence-electron chi connectivity index (χ2n) is 5.07. The molecule has 0 atom stereocenters. The normalized spacial score (nSPS) is 16.1. The van der Waals surface area contributed by atoms with Crippen molar-refractivity contribution in [3.8, 4) is 0 Å². The Kier molecular flexibility index (Phi) is 5.24. The van der Waals surface area contributed by atoms with Crippen molar-refractivity contribution in [3.63, 3.8) is 0 Å². The fraction of sp³-hybridized carbons (Fsp3) is 0.714. The third-order valence-corrected chi connectivity index (χ3v) is 3.82. The second kappa shape index (κ2) is 6.93. The Morgan fingerprint density at radius 3 is 2.83 bits per heavy atom. The number of hydrogen-bond acceptors (Lipinski definition) is 3. The van der Waals surface area contributed by atoms with Gasteiger partial charge in [-0.1, -0.05) is 44.2 Å². The topological polar surface area (TPSA) is 37.8 Å². The second-order valence-corrected chi connectivity index (χ2v) is 5.45. The van der Waals surface area contributed by atoms with Crippen LogP contribution in [0.3, 0.4) is 0 Å². The number of aryl methyl sites for hydroxylation is 1. The summed E-state index contributed by atoms with van der Waals surface area (Å²) in [6.45, 7) is 3.02. The maximum absolute atomic E-state index is 5.95. The first-order valence-corrected chi connectivity index (χ1v) is 7.43. The first kappa shape index (κ1) is 13.6. The monoisotopic (exact) mass is 267 g/mol. The van der Waals surface area contributed by atoms with Crippen LogP contribution in [0.4, 0.5) is 5.82 Å². The molecule has 4 heteroatoms. The van der Waals surface area contributed by atoms with Crippen molar-refractivity contribution in [2.24, 2.45) is 5.92 Å². The molecule has 0 aliphatic heterocycles. The van der Waals surface area contributed by atoms with Crippen molar-refractivity contribution in [2.45, 2.75) is 51.9 Å². The fourth-order valence-electron chi connectivity index (χ4n) is 2.62. The summed E-state index contributed by atoms with van der Waals surface area (Å²) in [5, 5.41) is 3.88. The van der Waals surface area contributed by atoms with Crippen LogP contribution in [-0.2, 0) is 6.42 Å². The number of rotatable bonds is 6. The summed E-state index contributed by atoms with van der Waals surface area (Å²) in [6, 6.07) is 1.80. The summed E-state index contributed by atoms with van der Waals surface area (Å²) >= 11 is 5.95. The van der Waals surface area contributed by atoms with Crippen LogP contribution in [0.1, 0.15) is 51.3 Å². The summed E-state index contributed by atoms with van der Waals surface area (Å²) in [5.41, 5.74) is 0. The number of halogens is 1. The van der Waals surface area contributed by atoms with Gasteiger partial charge in [-0.3, -0.25) is 0 Å². The Hall–Kier alpha value is -0.830. The lowest BCUT2D eigenvalue weighted by molar-refractivity contribution is 0.491. The molecule has 3 nitrogen and oxygen atoms in total. The van der Waals surface area contributed by atoms with Crippen LogP contribution in [0.25, 0.3) is 0 Å². The molecule has 0 saturated heterocycles. The van der Waals surface area contributed by atoms with Gasteiger partial charge in [-0.2, -0.15) is 0 Å². The van der Waals surface area contributed by atoms with Crippen LogP contribution in [0, 0.1) is 5.92 Å². The molecular weight excluding hydrogens is 246 g/mol. The lowest BCUT2D eigenvalue weighted by Gasteiger charge is -2.10. The Morgan fingerprint density at radius 2 is 2.11 bits per heavy atom. The van der Waals surface area contributed by atoms with Gasteiger partial charge in [0.05, 0.1) is 0 Å².